The molecule has 0 radical (unpaired) electrons. The number of carbonyl (C=O) groups is 1. The molecule has 0 N–H and O–H groups in total. The maximum absolute atomic E-state index is 9.99. The molecule has 1 nitrogen and oxygen atoms in total. The lowest BCUT2D eigenvalue weighted by molar-refractivity contribution is -0.107. The van der Waals surface area contributed by atoms with Crippen molar-refractivity contribution in [3.8, 4) is 11.8 Å². The number of hydrogen-bond donors (Lipinski definition) is 0. The van der Waals surface area contributed by atoms with Crippen LogP contribution in [0.5, 0.6) is 0 Å². The quantitative estimate of drug-likeness (QED) is 0.493. The van der Waals surface area contributed by atoms with Crippen molar-refractivity contribution in [3.05, 3.63) is 35.4 Å². The van der Waals surface area contributed by atoms with Gasteiger partial charge in [-0.1, -0.05) is 30.9 Å². The molecule has 0 fully saturated rings. The van der Waals surface area contributed by atoms with Crippen LogP contribution in [0.4, 0.5) is 0 Å². The van der Waals surface area contributed by atoms with Gasteiger partial charge in [0.25, 0.3) is 0 Å². The second-order valence-electron chi connectivity index (χ2n) is 2.72. The maximum Gasteiger partial charge on any atom is 0.131 e. The van der Waals surface area contributed by atoms with Crippen LogP contribution in [-0.4, -0.2) is 6.29 Å². The molecule has 0 unspecified atom stereocenters. The van der Waals surface area contributed by atoms with Gasteiger partial charge < -0.3 is 4.79 Å². The fourth-order valence-corrected chi connectivity index (χ4v) is 1.02. The van der Waals surface area contributed by atoms with E-state index < -0.39 is 0 Å². The summed E-state index contributed by atoms with van der Waals surface area (Å²) >= 11 is 0. The Bertz CT molecular complexity index is 324. The van der Waals surface area contributed by atoms with Gasteiger partial charge in [0.15, 0.2) is 0 Å². The standard InChI is InChI=1S/C12H12O/c1-2-11-6-8-12(9-7-11)5-3-4-10-13/h6-10H,2,4H2,1H3. The molecule has 66 valence electrons. The first-order chi connectivity index (χ1) is 6.36. The molecule has 0 bridgehead atoms. The Balaban J connectivity index is 2.70. The maximum atomic E-state index is 9.99. The van der Waals surface area contributed by atoms with E-state index in [1.165, 1.54) is 5.56 Å². The van der Waals surface area contributed by atoms with E-state index in [0.29, 0.717) is 6.42 Å². The summed E-state index contributed by atoms with van der Waals surface area (Å²) in [4.78, 5) is 9.99. The van der Waals surface area contributed by atoms with Gasteiger partial charge in [0.1, 0.15) is 6.29 Å². The average molecular weight is 172 g/mol. The largest absolute Gasteiger partial charge is 0.302 e. The van der Waals surface area contributed by atoms with Crippen LogP contribution in [-0.2, 0) is 11.2 Å². The van der Waals surface area contributed by atoms with Crippen LogP contribution in [0.15, 0.2) is 24.3 Å². The summed E-state index contributed by atoms with van der Waals surface area (Å²) in [6, 6.07) is 8.09. The van der Waals surface area contributed by atoms with E-state index in [0.717, 1.165) is 18.3 Å². The topological polar surface area (TPSA) is 17.1 Å². The highest BCUT2D eigenvalue weighted by Gasteiger charge is 1.87. The van der Waals surface area contributed by atoms with Crippen LogP contribution in [0.3, 0.4) is 0 Å². The Hall–Kier alpha value is -1.55. The first kappa shape index (κ1) is 9.54. The van der Waals surface area contributed by atoms with Crippen molar-refractivity contribution in [2.24, 2.45) is 0 Å². The Morgan fingerprint density at radius 3 is 2.54 bits per heavy atom. The molecule has 0 heterocycles. The summed E-state index contributed by atoms with van der Waals surface area (Å²) in [6.45, 7) is 2.12. The van der Waals surface area contributed by atoms with Crippen LogP contribution in [0.25, 0.3) is 0 Å². The molecule has 0 aromatic heterocycles. The number of hydrogen-bond acceptors (Lipinski definition) is 1. The lowest BCUT2D eigenvalue weighted by atomic mass is 10.1. The molecular formula is C12H12O. The molecule has 0 saturated carbocycles. The van der Waals surface area contributed by atoms with Crippen molar-refractivity contribution in [1.29, 1.82) is 0 Å². The monoisotopic (exact) mass is 172 g/mol. The number of rotatable bonds is 2. The Labute approximate surface area is 78.8 Å². The van der Waals surface area contributed by atoms with Gasteiger partial charge in [-0.25, -0.2) is 0 Å². The highest BCUT2D eigenvalue weighted by atomic mass is 16.1. The fraction of sp³-hybridized carbons (Fsp3) is 0.250. The summed E-state index contributed by atoms with van der Waals surface area (Å²) in [5, 5.41) is 0. The smallest absolute Gasteiger partial charge is 0.131 e. The van der Waals surface area contributed by atoms with E-state index >= 15 is 0 Å². The molecule has 1 aromatic carbocycles. The normalized spacial score (nSPS) is 8.69. The second kappa shape index (κ2) is 5.16. The van der Waals surface area contributed by atoms with Gasteiger partial charge in [-0.15, -0.1) is 0 Å². The average Bonchev–Trinajstić information content (AvgIpc) is 2.19. The number of aryl methyl sites for hydroxylation is 1. The Morgan fingerprint density at radius 1 is 1.31 bits per heavy atom. The highest BCUT2D eigenvalue weighted by Crippen LogP contribution is 2.03. The van der Waals surface area contributed by atoms with Gasteiger partial charge in [0.05, 0.1) is 6.42 Å². The molecule has 1 heteroatoms. The van der Waals surface area contributed by atoms with Gasteiger partial charge in [0, 0.05) is 5.56 Å². The third-order valence-corrected chi connectivity index (χ3v) is 1.78. The molecule has 1 rings (SSSR count). The third kappa shape index (κ3) is 3.13. The minimum atomic E-state index is 0.315. The highest BCUT2D eigenvalue weighted by molar-refractivity contribution is 5.54. The zero-order valence-corrected chi connectivity index (χ0v) is 7.71. The van der Waals surface area contributed by atoms with Crippen LogP contribution in [0.1, 0.15) is 24.5 Å². The van der Waals surface area contributed by atoms with E-state index in [4.69, 9.17) is 0 Å². The zero-order valence-electron chi connectivity index (χ0n) is 7.71. The van der Waals surface area contributed by atoms with Crippen molar-refractivity contribution in [2.75, 3.05) is 0 Å². The number of carbonyl (C=O) groups excluding carboxylic acids is 1. The fourth-order valence-electron chi connectivity index (χ4n) is 1.02. The van der Waals surface area contributed by atoms with Gasteiger partial charge in [0.2, 0.25) is 0 Å². The van der Waals surface area contributed by atoms with Gasteiger partial charge >= 0.3 is 0 Å². The molecule has 0 amide bonds. The molecule has 0 saturated heterocycles. The molecule has 0 aliphatic rings. The first-order valence-corrected chi connectivity index (χ1v) is 4.38. The molecule has 0 spiro atoms. The van der Waals surface area contributed by atoms with E-state index in [1.807, 2.05) is 12.1 Å². The molecule has 0 aliphatic carbocycles. The van der Waals surface area contributed by atoms with Gasteiger partial charge in [-0.2, -0.15) is 0 Å². The summed E-state index contributed by atoms with van der Waals surface area (Å²) in [6.07, 6.45) is 2.17. The lowest BCUT2D eigenvalue weighted by Gasteiger charge is -1.94. The molecule has 13 heavy (non-hydrogen) atoms. The van der Waals surface area contributed by atoms with Crippen molar-refractivity contribution >= 4 is 6.29 Å². The summed E-state index contributed by atoms with van der Waals surface area (Å²) in [5.74, 6) is 5.69. The van der Waals surface area contributed by atoms with Gasteiger partial charge in [-0.05, 0) is 24.1 Å². The van der Waals surface area contributed by atoms with Gasteiger partial charge in [-0.3, -0.25) is 0 Å². The molecule has 1 aromatic rings. The van der Waals surface area contributed by atoms with Crippen LogP contribution in [0.2, 0.25) is 0 Å². The first-order valence-electron chi connectivity index (χ1n) is 4.38. The van der Waals surface area contributed by atoms with E-state index in [-0.39, 0.29) is 0 Å². The predicted octanol–water partition coefficient (Wildman–Crippen LogP) is 2.19. The number of benzene rings is 1. The molecule has 0 aliphatic heterocycles. The van der Waals surface area contributed by atoms with Crippen LogP contribution >= 0.6 is 0 Å². The zero-order chi connectivity index (χ0) is 9.52. The molecular weight excluding hydrogens is 160 g/mol. The van der Waals surface area contributed by atoms with Crippen molar-refractivity contribution in [1.82, 2.24) is 0 Å². The van der Waals surface area contributed by atoms with E-state index in [9.17, 15) is 4.79 Å². The van der Waals surface area contributed by atoms with Crippen molar-refractivity contribution in [3.63, 3.8) is 0 Å². The van der Waals surface area contributed by atoms with E-state index in [2.05, 4.69) is 30.9 Å². The van der Waals surface area contributed by atoms with Crippen molar-refractivity contribution < 1.29 is 4.79 Å². The van der Waals surface area contributed by atoms with Crippen LogP contribution in [0, 0.1) is 11.8 Å². The van der Waals surface area contributed by atoms with E-state index in [1.54, 1.807) is 0 Å². The predicted molar refractivity (Wildman–Crippen MR) is 53.4 cm³/mol. The lowest BCUT2D eigenvalue weighted by Crippen LogP contribution is -1.80. The van der Waals surface area contributed by atoms with Crippen molar-refractivity contribution in [2.45, 2.75) is 19.8 Å². The van der Waals surface area contributed by atoms with Crippen LogP contribution < -0.4 is 0 Å². The molecule has 0 atom stereocenters. The Morgan fingerprint density at radius 2 is 2.00 bits per heavy atom. The SMILES string of the molecule is CCc1ccc(C#CCC=O)cc1. The summed E-state index contributed by atoms with van der Waals surface area (Å²) in [7, 11) is 0. The Kier molecular flexibility index (Phi) is 3.78. The third-order valence-electron chi connectivity index (χ3n) is 1.78. The summed E-state index contributed by atoms with van der Waals surface area (Å²) < 4.78 is 0. The summed E-state index contributed by atoms with van der Waals surface area (Å²) in [5.41, 5.74) is 2.28. The minimum absolute atomic E-state index is 0.315. The second-order valence-corrected chi connectivity index (χ2v) is 2.72. The minimum Gasteiger partial charge on any atom is -0.302 e. The number of aldehydes is 1.